The van der Waals surface area contributed by atoms with E-state index < -0.39 is 24.1 Å². The molecule has 2 aliphatic carbocycles. The molecule has 2 aromatic heterocycles. The predicted octanol–water partition coefficient (Wildman–Crippen LogP) is 4.70. The van der Waals surface area contributed by atoms with Gasteiger partial charge in [0, 0.05) is 48.0 Å². The highest BCUT2D eigenvalue weighted by Gasteiger charge is 2.52. The molecule has 0 spiro atoms. The molecule has 0 radical (unpaired) electrons. The SMILES string of the molecule is [2H]C([2H])(O)C1(C)CC(N)(c2ncc(-c3ccc4nc5n(c4c3)[C@H]3C[C@@H]5CC(=O)c4cccc(OC(F)F)c43)cn2)C1. The van der Waals surface area contributed by atoms with E-state index in [0.29, 0.717) is 23.4 Å². The highest BCUT2D eigenvalue weighted by molar-refractivity contribution is 6.00. The van der Waals surface area contributed by atoms with Crippen molar-refractivity contribution in [1.82, 2.24) is 19.5 Å². The minimum absolute atomic E-state index is 0.00317. The molecule has 8 nitrogen and oxygen atoms in total. The van der Waals surface area contributed by atoms with E-state index in [0.717, 1.165) is 28.0 Å². The van der Waals surface area contributed by atoms with Gasteiger partial charge in [-0.1, -0.05) is 25.1 Å². The molecule has 1 fully saturated rings. The number of fused-ring (bicyclic) bond motifs is 9. The van der Waals surface area contributed by atoms with Crippen molar-refractivity contribution in [2.24, 2.45) is 11.1 Å². The van der Waals surface area contributed by atoms with E-state index in [-0.39, 0.29) is 42.8 Å². The van der Waals surface area contributed by atoms with Gasteiger partial charge in [0.05, 0.1) is 25.4 Å². The summed E-state index contributed by atoms with van der Waals surface area (Å²) in [6.45, 7) is -3.72. The third kappa shape index (κ3) is 3.69. The number of Topliss-reactive ketones (excluding diaryl/α,β-unsaturated/α-hetero) is 1. The molecule has 39 heavy (non-hydrogen) atoms. The monoisotopic (exact) mass is 533 g/mol. The van der Waals surface area contributed by atoms with Gasteiger partial charge < -0.3 is 20.1 Å². The lowest BCUT2D eigenvalue weighted by Gasteiger charge is -2.50. The second-order valence-electron chi connectivity index (χ2n) is 11.2. The second kappa shape index (κ2) is 8.37. The molecule has 0 amide bonds. The zero-order valence-corrected chi connectivity index (χ0v) is 21.1. The van der Waals surface area contributed by atoms with Crippen molar-refractivity contribution < 1.29 is 26.2 Å². The Labute approximate surface area is 225 Å². The highest BCUT2D eigenvalue weighted by Crippen LogP contribution is 2.52. The molecule has 3 N–H and O–H groups in total. The molecule has 2 aromatic carbocycles. The summed E-state index contributed by atoms with van der Waals surface area (Å²) in [5.74, 6) is 0.886. The van der Waals surface area contributed by atoms with Gasteiger partial charge in [-0.05, 0) is 48.4 Å². The molecule has 2 bridgehead atoms. The predicted molar refractivity (Wildman–Crippen MR) is 139 cm³/mol. The average Bonchev–Trinajstić information content (AvgIpc) is 3.39. The minimum Gasteiger partial charge on any atom is -0.434 e. The number of hydrogen-bond acceptors (Lipinski definition) is 7. The van der Waals surface area contributed by atoms with Crippen LogP contribution in [0.2, 0.25) is 0 Å². The Balaban J connectivity index is 1.26. The first kappa shape index (κ1) is 22.1. The first-order chi connectivity index (χ1) is 19.4. The van der Waals surface area contributed by atoms with Crippen LogP contribution >= 0.6 is 0 Å². The Morgan fingerprint density at radius 3 is 2.72 bits per heavy atom. The van der Waals surface area contributed by atoms with Crippen LogP contribution in [0.25, 0.3) is 22.2 Å². The lowest BCUT2D eigenvalue weighted by Crippen LogP contribution is -2.56. The van der Waals surface area contributed by atoms with E-state index in [1.165, 1.54) is 6.07 Å². The fourth-order valence-corrected chi connectivity index (χ4v) is 6.78. The van der Waals surface area contributed by atoms with Gasteiger partial charge in [0.1, 0.15) is 17.4 Å². The number of imidazole rings is 1. The van der Waals surface area contributed by atoms with Gasteiger partial charge in [0.2, 0.25) is 0 Å². The van der Waals surface area contributed by atoms with Crippen molar-refractivity contribution in [2.75, 3.05) is 6.56 Å². The maximum absolute atomic E-state index is 13.3. The number of carbonyl (C=O) groups excluding carboxylic acids is 1. The van der Waals surface area contributed by atoms with Crippen LogP contribution in [0.3, 0.4) is 0 Å². The van der Waals surface area contributed by atoms with Crippen LogP contribution in [0.5, 0.6) is 5.75 Å². The van der Waals surface area contributed by atoms with E-state index in [9.17, 15) is 18.7 Å². The van der Waals surface area contributed by atoms with Crippen LogP contribution in [-0.2, 0) is 5.54 Å². The summed E-state index contributed by atoms with van der Waals surface area (Å²) in [7, 11) is 0. The van der Waals surface area contributed by atoms with Crippen molar-refractivity contribution in [3.63, 3.8) is 0 Å². The Morgan fingerprint density at radius 1 is 1.23 bits per heavy atom. The van der Waals surface area contributed by atoms with Gasteiger partial charge in [-0.25, -0.2) is 15.0 Å². The maximum Gasteiger partial charge on any atom is 0.387 e. The number of carbonyl (C=O) groups is 1. The number of nitrogens with two attached hydrogens (primary N) is 1. The molecule has 200 valence electrons. The largest absolute Gasteiger partial charge is 0.434 e. The zero-order chi connectivity index (χ0) is 28.9. The molecule has 1 aliphatic heterocycles. The quantitative estimate of drug-likeness (QED) is 0.382. The van der Waals surface area contributed by atoms with Gasteiger partial charge >= 0.3 is 6.61 Å². The summed E-state index contributed by atoms with van der Waals surface area (Å²) >= 11 is 0. The number of aromatic nitrogens is 4. The smallest absolute Gasteiger partial charge is 0.387 e. The number of halogens is 2. The fourth-order valence-electron chi connectivity index (χ4n) is 6.78. The standard InChI is InChI=1S/C29H27F2N5O3/c1-28(14-37)12-29(32,13-28)26-33-10-17(11-34-26)15-5-6-19-20(7-15)36-21-8-16(25(36)35-19)9-22(38)18-3-2-4-23(24(18)21)39-27(30)31/h2-7,10-11,16,21,27,37H,8-9,12-14,32H2,1H3/t16-,21+,28?,29?/m1/s1/i14D2. The molecule has 4 aromatic rings. The highest BCUT2D eigenvalue weighted by atomic mass is 19.3. The molecule has 2 atom stereocenters. The summed E-state index contributed by atoms with van der Waals surface area (Å²) in [5, 5.41) is 9.87. The first-order valence-electron chi connectivity index (χ1n) is 13.8. The number of benzene rings is 2. The third-order valence-corrected chi connectivity index (χ3v) is 8.36. The molecule has 3 heterocycles. The van der Waals surface area contributed by atoms with E-state index in [2.05, 4.69) is 9.97 Å². The maximum atomic E-state index is 13.3. The van der Waals surface area contributed by atoms with E-state index in [4.69, 9.17) is 18.2 Å². The summed E-state index contributed by atoms with van der Waals surface area (Å²) < 4.78 is 48.9. The normalized spacial score (nSPS) is 28.4. The van der Waals surface area contributed by atoms with Crippen molar-refractivity contribution in [3.05, 3.63) is 71.6 Å². The molecular weight excluding hydrogens is 504 g/mol. The Kier molecular flexibility index (Phi) is 4.74. The van der Waals surface area contributed by atoms with Crippen LogP contribution < -0.4 is 10.5 Å². The number of hydrogen-bond donors (Lipinski definition) is 2. The second-order valence-corrected chi connectivity index (χ2v) is 11.2. The zero-order valence-electron chi connectivity index (χ0n) is 23.1. The van der Waals surface area contributed by atoms with Crippen LogP contribution in [0.15, 0.2) is 48.8 Å². The Morgan fingerprint density at radius 2 is 2.00 bits per heavy atom. The fraction of sp³-hybridized carbons (Fsp3) is 0.379. The number of aliphatic hydroxyl groups is 1. The number of alkyl halides is 2. The molecule has 1 saturated carbocycles. The molecule has 10 heteroatoms. The summed E-state index contributed by atoms with van der Waals surface area (Å²) in [5.41, 5.74) is 8.50. The van der Waals surface area contributed by atoms with Crippen molar-refractivity contribution in [3.8, 4) is 16.9 Å². The number of nitrogens with zero attached hydrogens (tertiary/aromatic N) is 4. The van der Waals surface area contributed by atoms with Crippen LogP contribution in [0, 0.1) is 5.41 Å². The van der Waals surface area contributed by atoms with E-state index in [1.807, 2.05) is 22.8 Å². The average molecular weight is 534 g/mol. The Hall–Kier alpha value is -3.76. The van der Waals surface area contributed by atoms with Gasteiger partial charge in [-0.2, -0.15) is 8.78 Å². The topological polar surface area (TPSA) is 116 Å². The van der Waals surface area contributed by atoms with Crippen LogP contribution in [0.4, 0.5) is 8.78 Å². The van der Waals surface area contributed by atoms with Crippen LogP contribution in [-0.4, -0.2) is 43.6 Å². The molecular formula is C29H27F2N5O3. The lowest BCUT2D eigenvalue weighted by atomic mass is 9.58. The first-order valence-corrected chi connectivity index (χ1v) is 12.8. The number of ether oxygens (including phenoxy) is 1. The van der Waals surface area contributed by atoms with Gasteiger partial charge in [-0.15, -0.1) is 0 Å². The van der Waals surface area contributed by atoms with E-state index in [1.54, 1.807) is 31.5 Å². The summed E-state index contributed by atoms with van der Waals surface area (Å²) in [6.07, 6.45) is 4.54. The summed E-state index contributed by atoms with van der Waals surface area (Å²) in [4.78, 5) is 26.9. The lowest BCUT2D eigenvalue weighted by molar-refractivity contribution is -0.0507. The number of rotatable bonds is 5. The number of ketones is 1. The van der Waals surface area contributed by atoms with E-state index >= 15 is 0 Å². The van der Waals surface area contributed by atoms with Gasteiger partial charge in [0.15, 0.2) is 5.78 Å². The molecule has 0 unspecified atom stereocenters. The van der Waals surface area contributed by atoms with Crippen LogP contribution in [0.1, 0.15) is 74.9 Å². The van der Waals surface area contributed by atoms with Crippen molar-refractivity contribution in [2.45, 2.75) is 56.7 Å². The summed E-state index contributed by atoms with van der Waals surface area (Å²) in [6, 6.07) is 10.1. The van der Waals surface area contributed by atoms with Gasteiger partial charge in [0.25, 0.3) is 0 Å². The molecule has 3 aliphatic rings. The molecule has 0 saturated heterocycles. The van der Waals surface area contributed by atoms with Crippen molar-refractivity contribution in [1.29, 1.82) is 0 Å². The third-order valence-electron chi connectivity index (χ3n) is 8.36. The van der Waals surface area contributed by atoms with Gasteiger partial charge in [-0.3, -0.25) is 4.79 Å². The van der Waals surface area contributed by atoms with Crippen molar-refractivity contribution >= 4 is 16.8 Å². The Bertz CT molecular complexity index is 1710. The minimum atomic E-state index is -3.02. The molecule has 7 rings (SSSR count).